The van der Waals surface area contributed by atoms with Gasteiger partial charge in [-0.05, 0) is 163 Å². The number of hydrogen-bond donors (Lipinski definition) is 0. The molecule has 0 aliphatic carbocycles. The predicted octanol–water partition coefficient (Wildman–Crippen LogP) is 21.8. The summed E-state index contributed by atoms with van der Waals surface area (Å²) in [6.07, 6.45) is 0. The van der Waals surface area contributed by atoms with Gasteiger partial charge in [0.25, 0.3) is 0 Å². The highest BCUT2D eigenvalue weighted by Gasteiger charge is 2.41. The lowest BCUT2D eigenvalue weighted by atomic mass is 10.0. The quantitative estimate of drug-likeness (QED) is 0.0797. The average molecular weight is 1250 g/mol. The maximum absolute atomic E-state index is 2.92. The first-order valence-corrected chi connectivity index (χ1v) is 35.4. The molecule has 18 aromatic rings. The fourth-order valence-corrected chi connectivity index (χ4v) is 20.1. The van der Waals surface area contributed by atoms with E-state index in [-0.39, 0.29) is 0 Å². The summed E-state index contributed by atoms with van der Waals surface area (Å²) in [6, 6.07) is 143. The molecule has 97 heavy (non-hydrogen) atoms. The van der Waals surface area contributed by atoms with Crippen LogP contribution in [0.3, 0.4) is 0 Å². The van der Waals surface area contributed by atoms with Gasteiger partial charge >= 0.3 is 0 Å². The summed E-state index contributed by atoms with van der Waals surface area (Å²) in [7, 11) is -2.92. The van der Waals surface area contributed by atoms with Crippen LogP contribution < -0.4 is 30.5 Å². The van der Waals surface area contributed by atoms with Gasteiger partial charge in [0.1, 0.15) is 0 Å². The molecule has 0 aliphatic heterocycles. The van der Waals surface area contributed by atoms with Crippen molar-refractivity contribution in [2.45, 2.75) is 0 Å². The van der Waals surface area contributed by atoms with Crippen LogP contribution in [0.15, 0.2) is 388 Å². The van der Waals surface area contributed by atoms with Crippen LogP contribution in [0, 0.1) is 0 Å². The van der Waals surface area contributed by atoms with Gasteiger partial charge in [-0.3, -0.25) is 0 Å². The highest BCUT2D eigenvalue weighted by molar-refractivity contribution is 7.19. The van der Waals surface area contributed by atoms with Gasteiger partial charge in [0, 0.05) is 66.4 Å². The number of fused-ring (bicyclic) bond motifs is 8. The van der Waals surface area contributed by atoms with Gasteiger partial charge in [-0.25, -0.2) is 0 Å². The largest absolute Gasteiger partial charge is 0.310 e. The Hall–Kier alpha value is -12.5. The van der Waals surface area contributed by atoms with E-state index in [4.69, 9.17) is 0 Å². The van der Waals surface area contributed by atoms with Crippen LogP contribution in [-0.2, 0) is 0 Å². The molecular formula is C92H64N4Si. The third kappa shape index (κ3) is 9.82. The van der Waals surface area contributed by atoms with Crippen molar-refractivity contribution in [3.8, 4) is 33.6 Å². The Labute approximate surface area is 565 Å². The van der Waals surface area contributed by atoms with E-state index in [0.717, 1.165) is 56.6 Å². The Bertz CT molecular complexity index is 5530. The number of aromatic nitrogens is 2. The lowest BCUT2D eigenvalue weighted by Gasteiger charge is -2.34. The van der Waals surface area contributed by atoms with Crippen molar-refractivity contribution >= 4 is 128 Å². The molecule has 2 heterocycles. The summed E-state index contributed by atoms with van der Waals surface area (Å²) >= 11 is 0. The predicted molar refractivity (Wildman–Crippen MR) is 414 cm³/mol. The molecule has 0 atom stereocenters. The Kier molecular flexibility index (Phi) is 14.2. The van der Waals surface area contributed by atoms with Crippen molar-refractivity contribution in [3.05, 3.63) is 388 Å². The van der Waals surface area contributed by atoms with E-state index in [0.29, 0.717) is 0 Å². The minimum absolute atomic E-state index is 1.09. The van der Waals surface area contributed by atoms with Gasteiger partial charge in [0.05, 0.1) is 33.4 Å². The van der Waals surface area contributed by atoms with Crippen molar-refractivity contribution < 1.29 is 0 Å². The highest BCUT2D eigenvalue weighted by Crippen LogP contribution is 2.45. The van der Waals surface area contributed by atoms with Crippen LogP contribution in [-0.4, -0.2) is 17.2 Å². The third-order valence-electron chi connectivity index (χ3n) is 19.8. The van der Waals surface area contributed by atoms with E-state index >= 15 is 0 Å². The molecular weight excluding hydrogens is 1190 g/mol. The van der Waals surface area contributed by atoms with E-state index in [2.05, 4.69) is 407 Å². The zero-order valence-electron chi connectivity index (χ0n) is 53.2. The topological polar surface area (TPSA) is 16.3 Å². The summed E-state index contributed by atoms with van der Waals surface area (Å²) in [5, 5.41) is 15.0. The van der Waals surface area contributed by atoms with Crippen molar-refractivity contribution in [1.82, 2.24) is 9.13 Å². The molecule has 4 nitrogen and oxygen atoms in total. The zero-order chi connectivity index (χ0) is 64.2. The first kappa shape index (κ1) is 57.1. The minimum Gasteiger partial charge on any atom is -0.310 e. The molecule has 0 fully saturated rings. The zero-order valence-corrected chi connectivity index (χ0v) is 54.2. The Morgan fingerprint density at radius 3 is 0.876 bits per heavy atom. The monoisotopic (exact) mass is 1250 g/mol. The molecule has 456 valence electrons. The van der Waals surface area contributed by atoms with Gasteiger partial charge in [-0.15, -0.1) is 0 Å². The number of para-hydroxylation sites is 4. The lowest BCUT2D eigenvalue weighted by molar-refractivity contribution is 1.18. The van der Waals surface area contributed by atoms with Gasteiger partial charge in [0.15, 0.2) is 8.07 Å². The Balaban J connectivity index is 0.699. The Morgan fingerprint density at radius 1 is 0.196 bits per heavy atom. The fourth-order valence-electron chi connectivity index (χ4n) is 15.4. The molecule has 0 unspecified atom stereocenters. The summed E-state index contributed by atoms with van der Waals surface area (Å²) in [5.41, 5.74) is 18.3. The summed E-state index contributed by atoms with van der Waals surface area (Å²) in [5.74, 6) is 0. The lowest BCUT2D eigenvalue weighted by Crippen LogP contribution is -2.74. The van der Waals surface area contributed by atoms with Crippen LogP contribution in [0.5, 0.6) is 0 Å². The van der Waals surface area contributed by atoms with E-state index in [1.807, 2.05) is 0 Å². The molecule has 18 rings (SSSR count). The number of hydrogen-bond acceptors (Lipinski definition) is 2. The second-order valence-electron chi connectivity index (χ2n) is 25.2. The second-order valence-corrected chi connectivity index (χ2v) is 29.0. The third-order valence-corrected chi connectivity index (χ3v) is 24.6. The SMILES string of the molecule is c1ccc(-n2c3ccccc3c3cc(N(c4ccc(-c5ccc([Si](c6ccccc6)(c6ccccc6)c6ccc(-c7ccc(N(c8ccc9c(c8)c8ccccc8n9-c8ccccc8)c8cccc9ccccc89)cc7)cc6)cc5)cc4)c4cccc5ccccc45)ccc32)cc1. The highest BCUT2D eigenvalue weighted by atomic mass is 28.3. The van der Waals surface area contributed by atoms with Crippen LogP contribution in [0.1, 0.15) is 0 Å². The van der Waals surface area contributed by atoms with Crippen molar-refractivity contribution in [2.24, 2.45) is 0 Å². The first-order chi connectivity index (χ1) is 48.1. The second kappa shape index (κ2) is 24.1. The van der Waals surface area contributed by atoms with Gasteiger partial charge in [0.2, 0.25) is 0 Å². The van der Waals surface area contributed by atoms with Crippen molar-refractivity contribution in [1.29, 1.82) is 0 Å². The van der Waals surface area contributed by atoms with E-state index in [1.165, 1.54) is 97.0 Å². The molecule has 0 radical (unpaired) electrons. The molecule has 0 bridgehead atoms. The van der Waals surface area contributed by atoms with E-state index in [9.17, 15) is 0 Å². The van der Waals surface area contributed by atoms with Gasteiger partial charge in [-0.1, -0.05) is 279 Å². The molecule has 0 saturated carbocycles. The average Bonchev–Trinajstić information content (AvgIpc) is 1.73. The maximum atomic E-state index is 2.43. The van der Waals surface area contributed by atoms with E-state index in [1.54, 1.807) is 0 Å². The number of benzene rings is 16. The number of nitrogens with zero attached hydrogens (tertiary/aromatic N) is 4. The molecule has 0 saturated heterocycles. The standard InChI is InChI=1S/C92H64N4Si/c1-5-27-71(28-6-1)95-89-39-19-17-37-83(89)85-63-75(55-61-91(85)95)93(87-41-21-25-69-23-13-15-35-81(69)87)73-51-43-65(44-52-73)67-47-57-79(58-48-67)97(77-31-9-3-10-32-77,78-33-11-4-12-34-78)80-59-49-68(50-60-80)66-45-53-74(54-46-66)94(88-42-22-26-70-24-14-16-36-82(70)88)76-56-62-92-86(64-76)84-38-18-20-40-90(84)96(92)72-29-7-2-8-30-72/h1-64H. The molecule has 0 aliphatic rings. The summed E-state index contributed by atoms with van der Waals surface area (Å²) < 4.78 is 4.77. The molecule has 5 heteroatoms. The van der Waals surface area contributed by atoms with Crippen molar-refractivity contribution in [3.63, 3.8) is 0 Å². The molecule has 0 amide bonds. The van der Waals surface area contributed by atoms with Gasteiger partial charge < -0.3 is 18.9 Å². The first-order valence-electron chi connectivity index (χ1n) is 33.4. The smallest absolute Gasteiger partial charge is 0.179 e. The fraction of sp³-hybridized carbons (Fsp3) is 0. The molecule has 0 N–H and O–H groups in total. The van der Waals surface area contributed by atoms with Crippen LogP contribution in [0.2, 0.25) is 0 Å². The van der Waals surface area contributed by atoms with Gasteiger partial charge in [-0.2, -0.15) is 0 Å². The maximum Gasteiger partial charge on any atom is 0.179 e. The normalized spacial score (nSPS) is 11.7. The minimum atomic E-state index is -2.92. The van der Waals surface area contributed by atoms with Crippen molar-refractivity contribution in [2.75, 3.05) is 9.80 Å². The van der Waals surface area contributed by atoms with Crippen LogP contribution in [0.4, 0.5) is 34.1 Å². The molecule has 16 aromatic carbocycles. The summed E-state index contributed by atoms with van der Waals surface area (Å²) in [6.45, 7) is 0. The van der Waals surface area contributed by atoms with Crippen LogP contribution in [0.25, 0.3) is 98.8 Å². The summed E-state index contributed by atoms with van der Waals surface area (Å²) in [4.78, 5) is 4.86. The molecule has 2 aromatic heterocycles. The Morgan fingerprint density at radius 2 is 0.485 bits per heavy atom. The number of rotatable bonds is 14. The number of anilines is 6. The molecule has 0 spiro atoms. The van der Waals surface area contributed by atoms with Crippen LogP contribution >= 0.6 is 0 Å². The van der Waals surface area contributed by atoms with E-state index < -0.39 is 8.07 Å².